The minimum Gasteiger partial charge on any atom is -0.289 e. The van der Waals surface area contributed by atoms with Crippen molar-refractivity contribution in [2.24, 2.45) is 0 Å². The van der Waals surface area contributed by atoms with E-state index in [0.717, 1.165) is 24.0 Å². The number of hydrogen-bond acceptors (Lipinski definition) is 4. The first-order chi connectivity index (χ1) is 13.0. The van der Waals surface area contributed by atoms with E-state index < -0.39 is 0 Å². The zero-order valence-electron chi connectivity index (χ0n) is 14.6. The maximum atomic E-state index is 12.8. The smallest absolute Gasteiger partial charge is 0.189 e. The maximum Gasteiger partial charge on any atom is 0.189 e. The van der Waals surface area contributed by atoms with Gasteiger partial charge in [-0.3, -0.25) is 19.2 Å². The monoisotopic (exact) mass is 354 g/mol. The van der Waals surface area contributed by atoms with Crippen LogP contribution in [0.15, 0.2) is 48.1 Å². The number of ketones is 4. The van der Waals surface area contributed by atoms with Gasteiger partial charge >= 0.3 is 0 Å². The molecule has 0 bridgehead atoms. The topological polar surface area (TPSA) is 68.3 Å². The molecule has 3 aliphatic carbocycles. The molecule has 3 aliphatic rings. The molecule has 5 rings (SSSR count). The third kappa shape index (κ3) is 2.04. The van der Waals surface area contributed by atoms with Crippen LogP contribution in [0.1, 0.15) is 59.5 Å². The predicted octanol–water partition coefficient (Wildman–Crippen LogP) is 3.71. The number of rotatable bonds is 0. The van der Waals surface area contributed by atoms with Gasteiger partial charge in [0.15, 0.2) is 23.1 Å². The molecule has 130 valence electrons. The Labute approximate surface area is 155 Å². The summed E-state index contributed by atoms with van der Waals surface area (Å²) in [7, 11) is 0. The number of hydrogen-bond donors (Lipinski definition) is 0. The van der Waals surface area contributed by atoms with Crippen molar-refractivity contribution in [3.05, 3.63) is 81.4 Å². The van der Waals surface area contributed by atoms with Crippen LogP contribution in [0.25, 0.3) is 11.1 Å². The van der Waals surface area contributed by atoms with Crippen LogP contribution in [0.4, 0.5) is 0 Å². The van der Waals surface area contributed by atoms with Gasteiger partial charge in [-0.25, -0.2) is 0 Å². The van der Waals surface area contributed by atoms with Gasteiger partial charge in [-0.1, -0.05) is 12.1 Å². The van der Waals surface area contributed by atoms with E-state index in [2.05, 4.69) is 0 Å². The Morgan fingerprint density at radius 2 is 1.19 bits per heavy atom. The van der Waals surface area contributed by atoms with Crippen molar-refractivity contribution in [2.75, 3.05) is 0 Å². The summed E-state index contributed by atoms with van der Waals surface area (Å²) in [4.78, 5) is 50.4. The summed E-state index contributed by atoms with van der Waals surface area (Å²) >= 11 is 0. The van der Waals surface area contributed by atoms with Crippen molar-refractivity contribution in [1.82, 2.24) is 0 Å². The van der Waals surface area contributed by atoms with Crippen LogP contribution in [-0.4, -0.2) is 23.1 Å². The van der Waals surface area contributed by atoms with Gasteiger partial charge in [0, 0.05) is 27.8 Å². The fraction of sp³-hybridized carbons (Fsp3) is 0.130. The van der Waals surface area contributed by atoms with Gasteiger partial charge in [0.2, 0.25) is 0 Å². The average molecular weight is 354 g/mol. The number of carbonyl (C=O) groups excluding carboxylic acids is 4. The van der Waals surface area contributed by atoms with Crippen LogP contribution in [0.5, 0.6) is 0 Å². The molecule has 0 amide bonds. The van der Waals surface area contributed by atoms with E-state index in [1.165, 1.54) is 18.2 Å². The largest absolute Gasteiger partial charge is 0.289 e. The quantitative estimate of drug-likeness (QED) is 0.723. The van der Waals surface area contributed by atoms with E-state index in [-0.39, 0.29) is 23.1 Å². The highest BCUT2D eigenvalue weighted by Crippen LogP contribution is 2.43. The summed E-state index contributed by atoms with van der Waals surface area (Å²) in [5.41, 5.74) is 4.98. The highest BCUT2D eigenvalue weighted by atomic mass is 16.1. The molecule has 2 aromatic carbocycles. The van der Waals surface area contributed by atoms with Gasteiger partial charge in [-0.2, -0.15) is 0 Å². The van der Waals surface area contributed by atoms with Gasteiger partial charge < -0.3 is 0 Å². The Morgan fingerprint density at radius 3 is 1.85 bits per heavy atom. The molecular formula is C23H14O4. The normalized spacial score (nSPS) is 17.1. The fourth-order valence-electron chi connectivity index (χ4n) is 4.33. The summed E-state index contributed by atoms with van der Waals surface area (Å²) in [6.07, 6.45) is 5.36. The lowest BCUT2D eigenvalue weighted by atomic mass is 9.74. The summed E-state index contributed by atoms with van der Waals surface area (Å²) < 4.78 is 0. The first-order valence-electron chi connectivity index (χ1n) is 8.83. The molecule has 0 heterocycles. The lowest BCUT2D eigenvalue weighted by molar-refractivity contribution is 0.0984. The molecule has 27 heavy (non-hydrogen) atoms. The van der Waals surface area contributed by atoms with Crippen molar-refractivity contribution in [3.8, 4) is 11.1 Å². The van der Waals surface area contributed by atoms with Crippen molar-refractivity contribution in [2.45, 2.75) is 19.8 Å². The van der Waals surface area contributed by atoms with E-state index >= 15 is 0 Å². The van der Waals surface area contributed by atoms with Crippen LogP contribution in [-0.2, 0) is 12.8 Å². The molecule has 0 atom stereocenters. The zero-order chi connectivity index (χ0) is 18.9. The van der Waals surface area contributed by atoms with Gasteiger partial charge in [0.05, 0.1) is 0 Å². The molecule has 2 aromatic rings. The van der Waals surface area contributed by atoms with Crippen LogP contribution >= 0.6 is 0 Å². The number of Topliss-reactive ketones (excluding diaryl/α,β-unsaturated/α-hetero) is 1. The number of benzene rings is 2. The van der Waals surface area contributed by atoms with Crippen molar-refractivity contribution in [3.63, 3.8) is 0 Å². The lowest BCUT2D eigenvalue weighted by Crippen LogP contribution is -2.22. The van der Waals surface area contributed by atoms with Gasteiger partial charge in [0.1, 0.15) is 0 Å². The summed E-state index contributed by atoms with van der Waals surface area (Å²) in [5, 5.41) is 0. The zero-order valence-corrected chi connectivity index (χ0v) is 14.6. The molecule has 0 saturated carbocycles. The van der Waals surface area contributed by atoms with Crippen LogP contribution < -0.4 is 0 Å². The molecule has 0 N–H and O–H groups in total. The van der Waals surface area contributed by atoms with E-state index in [9.17, 15) is 19.2 Å². The molecule has 0 aromatic heterocycles. The Bertz CT molecular complexity index is 1190. The van der Waals surface area contributed by atoms with Gasteiger partial charge in [0.25, 0.3) is 0 Å². The Balaban J connectivity index is 1.91. The van der Waals surface area contributed by atoms with Gasteiger partial charge in [-0.05, 0) is 72.4 Å². The summed E-state index contributed by atoms with van der Waals surface area (Å²) in [6, 6.07) is 7.12. The third-order valence-corrected chi connectivity index (χ3v) is 5.59. The first kappa shape index (κ1) is 15.8. The lowest BCUT2D eigenvalue weighted by Gasteiger charge is -2.28. The third-order valence-electron chi connectivity index (χ3n) is 5.59. The number of carbonyl (C=O) groups is 4. The van der Waals surface area contributed by atoms with Gasteiger partial charge in [-0.15, -0.1) is 0 Å². The Kier molecular flexibility index (Phi) is 3.11. The molecule has 0 spiro atoms. The minimum atomic E-state index is -0.242. The average Bonchev–Trinajstić information content (AvgIpc) is 2.67. The van der Waals surface area contributed by atoms with Crippen molar-refractivity contribution < 1.29 is 19.2 Å². The van der Waals surface area contributed by atoms with E-state index in [4.69, 9.17) is 0 Å². The predicted molar refractivity (Wildman–Crippen MR) is 99.5 cm³/mol. The highest BCUT2D eigenvalue weighted by molar-refractivity contribution is 6.29. The number of fused-ring (bicyclic) bond motifs is 7. The van der Waals surface area contributed by atoms with E-state index in [0.29, 0.717) is 39.0 Å². The van der Waals surface area contributed by atoms with Crippen LogP contribution in [0, 0.1) is 0 Å². The second kappa shape index (κ2) is 5.30. The van der Waals surface area contributed by atoms with E-state index in [1.54, 1.807) is 19.1 Å². The van der Waals surface area contributed by atoms with Crippen molar-refractivity contribution in [1.29, 1.82) is 0 Å². The van der Waals surface area contributed by atoms with Crippen LogP contribution in [0.3, 0.4) is 0 Å². The Hall–Kier alpha value is -3.40. The molecule has 0 saturated heterocycles. The highest BCUT2D eigenvalue weighted by Gasteiger charge is 2.34. The van der Waals surface area contributed by atoms with E-state index in [1.807, 2.05) is 12.1 Å². The first-order valence-corrected chi connectivity index (χ1v) is 8.83. The maximum absolute atomic E-state index is 12.8. The fourth-order valence-corrected chi connectivity index (χ4v) is 4.33. The number of allylic oxidation sites excluding steroid dienone is 4. The standard InChI is InChI=1S/C23H14O4/c1-11-10-18(26)22-15(23(11)27)7-5-13-3-2-12-4-6-14-16(24)8-9-17(25)21(14)19(12)20(13)22/h4-10H,2-3H2,1H3. The molecule has 0 fully saturated rings. The van der Waals surface area contributed by atoms with Crippen molar-refractivity contribution >= 4 is 23.1 Å². The summed E-state index contributed by atoms with van der Waals surface area (Å²) in [5.74, 6) is -0.864. The SMILES string of the molecule is CC1=CC(=O)c2c(ccc3c2-c2c(ccc4c2C(=O)C=CC4=O)CC3)C1=O. The molecule has 0 radical (unpaired) electrons. The molecular weight excluding hydrogens is 340 g/mol. The van der Waals surface area contributed by atoms with Crippen LogP contribution in [0.2, 0.25) is 0 Å². The summed E-state index contributed by atoms with van der Waals surface area (Å²) in [6.45, 7) is 1.63. The molecule has 4 nitrogen and oxygen atoms in total. The molecule has 0 unspecified atom stereocenters. The minimum absolute atomic E-state index is 0.174. The number of aryl methyl sites for hydroxylation is 2. The molecule has 4 heteroatoms. The second-order valence-electron chi connectivity index (χ2n) is 7.13. The molecule has 0 aliphatic heterocycles. The Morgan fingerprint density at radius 1 is 0.630 bits per heavy atom. The second-order valence-corrected chi connectivity index (χ2v) is 7.13.